The smallest absolute Gasteiger partial charge is 0.407 e. The summed E-state index contributed by atoms with van der Waals surface area (Å²) in [6.07, 6.45) is 4.68. The van der Waals surface area contributed by atoms with E-state index in [1.807, 2.05) is 6.92 Å². The van der Waals surface area contributed by atoms with Crippen LogP contribution in [0.2, 0.25) is 0 Å². The van der Waals surface area contributed by atoms with Crippen molar-refractivity contribution in [2.75, 3.05) is 39.5 Å². The first-order chi connectivity index (χ1) is 17.8. The van der Waals surface area contributed by atoms with Gasteiger partial charge in [-0.2, -0.15) is 0 Å². The number of hydrogen-bond donors (Lipinski definition) is 3. The average molecular weight is 526 g/mol. The van der Waals surface area contributed by atoms with Crippen molar-refractivity contribution >= 4 is 12.0 Å². The maximum atomic E-state index is 13.0. The van der Waals surface area contributed by atoms with Crippen molar-refractivity contribution in [1.82, 2.24) is 15.5 Å². The van der Waals surface area contributed by atoms with Crippen LogP contribution in [0.3, 0.4) is 0 Å². The molecule has 1 spiro atoms. The van der Waals surface area contributed by atoms with Crippen molar-refractivity contribution in [1.29, 1.82) is 0 Å². The van der Waals surface area contributed by atoms with Gasteiger partial charge in [0, 0.05) is 51.3 Å². The van der Waals surface area contributed by atoms with E-state index in [2.05, 4.69) is 29.4 Å². The Labute approximate surface area is 221 Å². The summed E-state index contributed by atoms with van der Waals surface area (Å²) < 4.78 is 22.9. The Bertz CT molecular complexity index is 754. The number of carbonyl (C=O) groups excluding carboxylic acids is 2. The maximum absolute atomic E-state index is 13.0. The highest BCUT2D eigenvalue weighted by Gasteiger charge is 2.47. The highest BCUT2D eigenvalue weighted by molar-refractivity contribution is 5.85. The summed E-state index contributed by atoms with van der Waals surface area (Å²) in [7, 11) is 0. The lowest BCUT2D eigenvalue weighted by Gasteiger charge is -2.36. The van der Waals surface area contributed by atoms with Crippen LogP contribution in [-0.2, 0) is 23.7 Å². The largest absolute Gasteiger partial charge is 0.446 e. The van der Waals surface area contributed by atoms with Gasteiger partial charge in [0.2, 0.25) is 5.91 Å². The maximum Gasteiger partial charge on any atom is 0.407 e. The Morgan fingerprint density at radius 3 is 2.59 bits per heavy atom. The molecular weight excluding hydrogens is 478 g/mol. The number of aliphatic hydroxyl groups is 1. The number of carbonyl (C=O) groups is 2. The topological polar surface area (TPSA) is 119 Å². The SMILES string of the molecule is CCC(NC(=O)O[C@H]1CCOC([C@@H]2CCCO2)C1)[C@H](O)CN(CC(C)C)C1CC2(CCOCC2)NC1=O. The molecule has 4 heterocycles. The molecule has 0 bridgehead atoms. The molecule has 4 aliphatic rings. The first-order valence-electron chi connectivity index (χ1n) is 14.3. The third-order valence-electron chi connectivity index (χ3n) is 8.31. The summed E-state index contributed by atoms with van der Waals surface area (Å²) >= 11 is 0. The second-order valence-corrected chi connectivity index (χ2v) is 11.7. The molecule has 0 aliphatic carbocycles. The molecule has 3 unspecified atom stereocenters. The second-order valence-electron chi connectivity index (χ2n) is 11.7. The third kappa shape index (κ3) is 7.56. The minimum Gasteiger partial charge on any atom is -0.446 e. The van der Waals surface area contributed by atoms with E-state index in [4.69, 9.17) is 18.9 Å². The van der Waals surface area contributed by atoms with Gasteiger partial charge in [-0.15, -0.1) is 0 Å². The number of hydrogen-bond acceptors (Lipinski definition) is 8. The minimum atomic E-state index is -0.829. The fraction of sp³-hybridized carbons (Fsp3) is 0.926. The highest BCUT2D eigenvalue weighted by atomic mass is 16.6. The second kappa shape index (κ2) is 13.1. The van der Waals surface area contributed by atoms with Crippen LogP contribution in [0.15, 0.2) is 0 Å². The number of rotatable bonds is 10. The molecule has 0 aromatic rings. The molecule has 3 N–H and O–H groups in total. The summed E-state index contributed by atoms with van der Waals surface area (Å²) in [5, 5.41) is 17.3. The first kappa shape index (κ1) is 28.5. The van der Waals surface area contributed by atoms with Gasteiger partial charge in [0.1, 0.15) is 6.10 Å². The zero-order valence-electron chi connectivity index (χ0n) is 22.8. The van der Waals surface area contributed by atoms with Crippen LogP contribution < -0.4 is 10.6 Å². The Kier molecular flexibility index (Phi) is 10.1. The fourth-order valence-corrected chi connectivity index (χ4v) is 6.28. The molecule has 0 aromatic carbocycles. The molecule has 4 rings (SSSR count). The Morgan fingerprint density at radius 2 is 1.92 bits per heavy atom. The molecule has 6 atom stereocenters. The molecule has 212 valence electrons. The van der Waals surface area contributed by atoms with Gasteiger partial charge in [-0.25, -0.2) is 4.79 Å². The number of ether oxygens (including phenoxy) is 4. The van der Waals surface area contributed by atoms with Crippen LogP contribution in [0, 0.1) is 5.92 Å². The molecule has 0 aromatic heterocycles. The molecule has 0 saturated carbocycles. The number of amides is 2. The monoisotopic (exact) mass is 525 g/mol. The molecule has 4 aliphatic heterocycles. The molecule has 10 heteroatoms. The van der Waals surface area contributed by atoms with E-state index in [0.29, 0.717) is 58.1 Å². The van der Waals surface area contributed by atoms with Gasteiger partial charge in [0.15, 0.2) is 0 Å². The van der Waals surface area contributed by atoms with E-state index in [1.165, 1.54) is 0 Å². The fourth-order valence-electron chi connectivity index (χ4n) is 6.28. The summed E-state index contributed by atoms with van der Waals surface area (Å²) in [4.78, 5) is 27.9. The average Bonchev–Trinajstić information content (AvgIpc) is 3.51. The zero-order valence-corrected chi connectivity index (χ0v) is 22.8. The third-order valence-corrected chi connectivity index (χ3v) is 8.31. The normalized spacial score (nSPS) is 31.5. The van der Waals surface area contributed by atoms with Crippen molar-refractivity contribution < 1.29 is 33.6 Å². The molecule has 0 radical (unpaired) electrons. The zero-order chi connectivity index (χ0) is 26.4. The van der Waals surface area contributed by atoms with E-state index in [-0.39, 0.29) is 35.8 Å². The van der Waals surface area contributed by atoms with Crippen LogP contribution in [0.25, 0.3) is 0 Å². The van der Waals surface area contributed by atoms with Crippen LogP contribution >= 0.6 is 0 Å². The molecule has 10 nitrogen and oxygen atoms in total. The van der Waals surface area contributed by atoms with Gasteiger partial charge >= 0.3 is 6.09 Å². The van der Waals surface area contributed by atoms with Crippen molar-refractivity contribution in [2.45, 2.75) is 114 Å². The lowest BCUT2D eigenvalue weighted by molar-refractivity contribution is -0.125. The summed E-state index contributed by atoms with van der Waals surface area (Å²) in [5.74, 6) is 0.352. The number of nitrogens with one attached hydrogen (secondary N) is 2. The summed E-state index contributed by atoms with van der Waals surface area (Å²) in [6, 6.07) is -0.769. The van der Waals surface area contributed by atoms with E-state index in [1.54, 1.807) is 0 Å². The molecule has 4 saturated heterocycles. The first-order valence-corrected chi connectivity index (χ1v) is 14.3. The van der Waals surface area contributed by atoms with E-state index in [0.717, 1.165) is 38.7 Å². The van der Waals surface area contributed by atoms with Crippen LogP contribution in [0.1, 0.15) is 72.1 Å². The van der Waals surface area contributed by atoms with Crippen LogP contribution in [0.4, 0.5) is 4.79 Å². The summed E-state index contributed by atoms with van der Waals surface area (Å²) in [5.41, 5.74) is -0.211. The lowest BCUT2D eigenvalue weighted by Crippen LogP contribution is -2.52. The molecule has 4 fully saturated rings. The van der Waals surface area contributed by atoms with Gasteiger partial charge in [0.25, 0.3) is 0 Å². The lowest BCUT2D eigenvalue weighted by atomic mass is 9.87. The Hall–Kier alpha value is -1.46. The highest BCUT2D eigenvalue weighted by Crippen LogP contribution is 2.33. The molecule has 2 amide bonds. The molecule has 37 heavy (non-hydrogen) atoms. The van der Waals surface area contributed by atoms with Gasteiger partial charge < -0.3 is 34.7 Å². The Morgan fingerprint density at radius 1 is 1.16 bits per heavy atom. The minimum absolute atomic E-state index is 0.0236. The van der Waals surface area contributed by atoms with E-state index < -0.39 is 18.2 Å². The molecular formula is C27H47N3O7. The van der Waals surface area contributed by atoms with Gasteiger partial charge in [0.05, 0.1) is 37.0 Å². The number of nitrogens with zero attached hydrogens (tertiary/aromatic N) is 1. The standard InChI is InChI=1S/C27H47N3O7/c1-4-20(28-26(33)37-19-7-11-36-24(14-19)23-6-5-10-35-23)22(31)17-30(16-18(2)3)21-15-27(29-25(21)32)8-12-34-13-9-27/h18-24,31H,4-17H2,1-3H3,(H,28,33)(H,29,32)/t19-,20?,21?,22+,23-,24?/m0/s1. The quantitative estimate of drug-likeness (QED) is 0.396. The number of alkyl carbamates (subject to hydrolysis) is 1. The van der Waals surface area contributed by atoms with Crippen molar-refractivity contribution in [2.24, 2.45) is 5.92 Å². The van der Waals surface area contributed by atoms with E-state index in [9.17, 15) is 14.7 Å². The van der Waals surface area contributed by atoms with Gasteiger partial charge in [-0.05, 0) is 44.4 Å². The van der Waals surface area contributed by atoms with E-state index >= 15 is 0 Å². The van der Waals surface area contributed by atoms with Crippen LogP contribution in [-0.4, -0.2) is 104 Å². The predicted molar refractivity (Wildman–Crippen MR) is 137 cm³/mol. The van der Waals surface area contributed by atoms with Gasteiger partial charge in [-0.3, -0.25) is 9.69 Å². The summed E-state index contributed by atoms with van der Waals surface area (Å²) in [6.45, 7) is 9.78. The van der Waals surface area contributed by atoms with Crippen molar-refractivity contribution in [3.05, 3.63) is 0 Å². The number of aliphatic hydroxyl groups excluding tert-OH is 1. The van der Waals surface area contributed by atoms with Crippen LogP contribution in [0.5, 0.6) is 0 Å². The van der Waals surface area contributed by atoms with Crippen molar-refractivity contribution in [3.63, 3.8) is 0 Å². The van der Waals surface area contributed by atoms with Crippen molar-refractivity contribution in [3.8, 4) is 0 Å². The predicted octanol–water partition coefficient (Wildman–Crippen LogP) is 1.97. The van der Waals surface area contributed by atoms with Gasteiger partial charge in [-0.1, -0.05) is 20.8 Å². The Balaban J connectivity index is 1.31.